The number of amides is 1. The van der Waals surface area contributed by atoms with Crippen molar-refractivity contribution in [1.82, 2.24) is 5.32 Å². The van der Waals surface area contributed by atoms with Crippen LogP contribution >= 0.6 is 0 Å². The van der Waals surface area contributed by atoms with E-state index in [-0.39, 0.29) is 11.9 Å². The van der Waals surface area contributed by atoms with Gasteiger partial charge in [0.05, 0.1) is 19.8 Å². The monoisotopic (exact) mass is 323 g/mol. The Bertz CT molecular complexity index is 487. The third kappa shape index (κ3) is 5.34. The number of hydrogen-bond donors (Lipinski definition) is 1. The molecule has 5 nitrogen and oxygen atoms in total. The van der Waals surface area contributed by atoms with E-state index in [0.717, 1.165) is 0 Å². The first-order valence-corrected chi connectivity index (χ1v) is 8.31. The van der Waals surface area contributed by atoms with Crippen LogP contribution in [0.5, 0.6) is 17.2 Å². The zero-order valence-corrected chi connectivity index (χ0v) is 15.1. The zero-order valence-electron chi connectivity index (χ0n) is 15.1. The molecule has 1 aromatic rings. The fraction of sp³-hybridized carbons (Fsp3) is 0.611. The van der Waals surface area contributed by atoms with Crippen LogP contribution in [0.25, 0.3) is 0 Å². The predicted octanol–water partition coefficient (Wildman–Crippen LogP) is 3.66. The van der Waals surface area contributed by atoms with Gasteiger partial charge in [0, 0.05) is 11.6 Å². The summed E-state index contributed by atoms with van der Waals surface area (Å²) in [5.74, 6) is 1.82. The van der Waals surface area contributed by atoms with E-state index in [1.807, 2.05) is 27.7 Å². The van der Waals surface area contributed by atoms with Gasteiger partial charge in [-0.05, 0) is 45.7 Å². The molecule has 0 saturated heterocycles. The Morgan fingerprint density at radius 3 is 1.83 bits per heavy atom. The lowest BCUT2D eigenvalue weighted by atomic mass is 10.1. The van der Waals surface area contributed by atoms with Crippen molar-refractivity contribution >= 4 is 5.91 Å². The molecule has 0 aliphatic rings. The fourth-order valence-electron chi connectivity index (χ4n) is 1.98. The van der Waals surface area contributed by atoms with Gasteiger partial charge in [-0.2, -0.15) is 0 Å². The number of carbonyl (C=O) groups excluding carboxylic acids is 1. The van der Waals surface area contributed by atoms with Crippen LogP contribution in [-0.4, -0.2) is 31.8 Å². The van der Waals surface area contributed by atoms with Gasteiger partial charge in [0.15, 0.2) is 11.5 Å². The highest BCUT2D eigenvalue weighted by Gasteiger charge is 2.19. The highest BCUT2D eigenvalue weighted by Crippen LogP contribution is 2.39. The van der Waals surface area contributed by atoms with Crippen LogP contribution < -0.4 is 19.5 Å². The SMILES string of the molecule is CCOc1cc(C(=O)N[C@@H](C)C(C)C)cc(OCC)c1OCC. The van der Waals surface area contributed by atoms with Crippen molar-refractivity contribution in [2.75, 3.05) is 19.8 Å². The quantitative estimate of drug-likeness (QED) is 0.753. The maximum atomic E-state index is 12.5. The lowest BCUT2D eigenvalue weighted by Crippen LogP contribution is -2.36. The largest absolute Gasteiger partial charge is 0.490 e. The molecule has 0 aromatic heterocycles. The Morgan fingerprint density at radius 2 is 1.43 bits per heavy atom. The van der Waals surface area contributed by atoms with Crippen LogP contribution in [0.15, 0.2) is 12.1 Å². The normalized spacial score (nSPS) is 12.0. The molecule has 130 valence electrons. The summed E-state index contributed by atoms with van der Waals surface area (Å²) in [7, 11) is 0. The molecule has 0 bridgehead atoms. The van der Waals surface area contributed by atoms with E-state index in [1.165, 1.54) is 0 Å². The van der Waals surface area contributed by atoms with Crippen LogP contribution in [0.3, 0.4) is 0 Å². The molecule has 1 aromatic carbocycles. The molecular weight excluding hydrogens is 294 g/mol. The van der Waals surface area contributed by atoms with E-state index < -0.39 is 0 Å². The van der Waals surface area contributed by atoms with E-state index >= 15 is 0 Å². The minimum Gasteiger partial charge on any atom is -0.490 e. The summed E-state index contributed by atoms with van der Waals surface area (Å²) in [6.07, 6.45) is 0. The molecule has 0 heterocycles. The lowest BCUT2D eigenvalue weighted by molar-refractivity contribution is 0.0929. The molecule has 1 rings (SSSR count). The fourth-order valence-corrected chi connectivity index (χ4v) is 1.98. The van der Waals surface area contributed by atoms with Gasteiger partial charge < -0.3 is 19.5 Å². The van der Waals surface area contributed by atoms with Gasteiger partial charge in [-0.1, -0.05) is 13.8 Å². The number of carbonyl (C=O) groups is 1. The number of rotatable bonds is 9. The molecule has 0 saturated carbocycles. The Labute approximate surface area is 139 Å². The molecule has 1 atom stereocenters. The maximum Gasteiger partial charge on any atom is 0.251 e. The van der Waals surface area contributed by atoms with E-state index in [4.69, 9.17) is 14.2 Å². The molecule has 1 N–H and O–H groups in total. The number of hydrogen-bond acceptors (Lipinski definition) is 4. The predicted molar refractivity (Wildman–Crippen MR) is 91.7 cm³/mol. The molecule has 0 aliphatic heterocycles. The van der Waals surface area contributed by atoms with E-state index in [0.29, 0.717) is 48.6 Å². The van der Waals surface area contributed by atoms with Crippen LogP contribution in [0.4, 0.5) is 0 Å². The van der Waals surface area contributed by atoms with Crippen molar-refractivity contribution < 1.29 is 19.0 Å². The smallest absolute Gasteiger partial charge is 0.251 e. The zero-order chi connectivity index (χ0) is 17.4. The van der Waals surface area contributed by atoms with Gasteiger partial charge >= 0.3 is 0 Å². The lowest BCUT2D eigenvalue weighted by Gasteiger charge is -2.20. The van der Waals surface area contributed by atoms with E-state index in [1.54, 1.807) is 12.1 Å². The Morgan fingerprint density at radius 1 is 0.957 bits per heavy atom. The summed E-state index contributed by atoms with van der Waals surface area (Å²) in [5.41, 5.74) is 0.507. The Kier molecular flexibility index (Phi) is 7.72. The second-order valence-corrected chi connectivity index (χ2v) is 5.61. The highest BCUT2D eigenvalue weighted by atomic mass is 16.5. The summed E-state index contributed by atoms with van der Waals surface area (Å²) in [6.45, 7) is 13.3. The third-order valence-electron chi connectivity index (χ3n) is 3.53. The van der Waals surface area contributed by atoms with Gasteiger partial charge in [-0.25, -0.2) is 0 Å². The minimum absolute atomic E-state index is 0.0835. The summed E-state index contributed by atoms with van der Waals surface area (Å²) in [4.78, 5) is 12.5. The van der Waals surface area contributed by atoms with Crippen molar-refractivity contribution in [1.29, 1.82) is 0 Å². The van der Waals surface area contributed by atoms with Crippen molar-refractivity contribution in [2.45, 2.75) is 47.6 Å². The molecule has 0 radical (unpaired) electrons. The molecule has 23 heavy (non-hydrogen) atoms. The highest BCUT2D eigenvalue weighted by molar-refractivity contribution is 5.95. The van der Waals surface area contributed by atoms with E-state index in [2.05, 4.69) is 19.2 Å². The standard InChI is InChI=1S/C18H29NO4/c1-7-21-15-10-14(18(20)19-13(6)12(4)5)11-16(22-8-2)17(15)23-9-3/h10-13H,7-9H2,1-6H3,(H,19,20)/t13-/m0/s1. The van der Waals surface area contributed by atoms with Gasteiger partial charge in [0.25, 0.3) is 5.91 Å². The average molecular weight is 323 g/mol. The maximum absolute atomic E-state index is 12.5. The molecule has 1 amide bonds. The summed E-state index contributed by atoms with van der Waals surface area (Å²) < 4.78 is 16.9. The second-order valence-electron chi connectivity index (χ2n) is 5.61. The van der Waals surface area contributed by atoms with E-state index in [9.17, 15) is 4.79 Å². The van der Waals surface area contributed by atoms with Crippen LogP contribution in [0.2, 0.25) is 0 Å². The molecule has 0 unspecified atom stereocenters. The topological polar surface area (TPSA) is 56.8 Å². The minimum atomic E-state index is -0.142. The second kappa shape index (κ2) is 9.28. The third-order valence-corrected chi connectivity index (χ3v) is 3.53. The summed E-state index contributed by atoms with van der Waals surface area (Å²) in [6, 6.07) is 3.50. The van der Waals surface area contributed by atoms with Crippen LogP contribution in [-0.2, 0) is 0 Å². The van der Waals surface area contributed by atoms with Crippen molar-refractivity contribution in [3.63, 3.8) is 0 Å². The van der Waals surface area contributed by atoms with Crippen molar-refractivity contribution in [2.24, 2.45) is 5.92 Å². The van der Waals surface area contributed by atoms with Crippen LogP contribution in [0.1, 0.15) is 51.9 Å². The van der Waals surface area contributed by atoms with Gasteiger partial charge in [-0.3, -0.25) is 4.79 Å². The first-order valence-electron chi connectivity index (χ1n) is 8.31. The average Bonchev–Trinajstić information content (AvgIpc) is 2.50. The van der Waals surface area contributed by atoms with Crippen molar-refractivity contribution in [3.05, 3.63) is 17.7 Å². The number of benzene rings is 1. The van der Waals surface area contributed by atoms with Crippen LogP contribution in [0, 0.1) is 5.92 Å². The first-order chi connectivity index (χ1) is 10.9. The molecule has 0 aliphatic carbocycles. The Hall–Kier alpha value is -1.91. The summed E-state index contributed by atoms with van der Waals surface area (Å²) in [5, 5.41) is 2.99. The number of nitrogens with one attached hydrogen (secondary N) is 1. The summed E-state index contributed by atoms with van der Waals surface area (Å²) >= 11 is 0. The molecule has 0 fully saturated rings. The first kappa shape index (κ1) is 19.1. The molecule has 5 heteroatoms. The number of ether oxygens (including phenoxy) is 3. The van der Waals surface area contributed by atoms with Gasteiger partial charge in [0.2, 0.25) is 5.75 Å². The van der Waals surface area contributed by atoms with Gasteiger partial charge in [0.1, 0.15) is 0 Å². The van der Waals surface area contributed by atoms with Gasteiger partial charge in [-0.15, -0.1) is 0 Å². The van der Waals surface area contributed by atoms with Crippen molar-refractivity contribution in [3.8, 4) is 17.2 Å². The molecule has 0 spiro atoms. The Balaban J connectivity index is 3.19. The molecular formula is C18H29NO4.